The van der Waals surface area contributed by atoms with E-state index in [1.165, 1.54) is 0 Å². The van der Waals surface area contributed by atoms with E-state index in [1.54, 1.807) is 6.21 Å². The number of urea groups is 1. The quantitative estimate of drug-likeness (QED) is 0.388. The molecule has 0 radical (unpaired) electrons. The molecule has 5 nitrogen and oxygen atoms in total. The molecule has 0 spiro atoms. The van der Waals surface area contributed by atoms with Crippen LogP contribution in [-0.2, 0) is 4.79 Å². The molecule has 0 heterocycles. The second kappa shape index (κ2) is 14.0. The minimum atomic E-state index is -0.379. The van der Waals surface area contributed by atoms with Gasteiger partial charge in [-0.2, -0.15) is 0 Å². The number of carbonyl (C=O) groups excluding carboxylic acids is 2. The number of unbranched alkanes of at least 4 members (excludes halogenated alkanes) is 4. The predicted molar refractivity (Wildman–Crippen MR) is 112 cm³/mol. The summed E-state index contributed by atoms with van der Waals surface area (Å²) < 4.78 is 0. The predicted octanol–water partition coefficient (Wildman–Crippen LogP) is 4.69. The molecule has 2 atom stereocenters. The molecule has 27 heavy (non-hydrogen) atoms. The lowest BCUT2D eigenvalue weighted by Gasteiger charge is -2.25. The van der Waals surface area contributed by atoms with Crippen molar-refractivity contribution in [1.29, 1.82) is 0 Å². The molecule has 150 valence electrons. The number of hydrogen-bond acceptors (Lipinski definition) is 2. The maximum absolute atomic E-state index is 12.1. The number of carbonyl (C=O) groups is 2. The monoisotopic (exact) mass is 373 g/mol. The van der Waals surface area contributed by atoms with Crippen LogP contribution in [0.2, 0.25) is 0 Å². The molecule has 0 aromatic heterocycles. The van der Waals surface area contributed by atoms with Crippen molar-refractivity contribution in [1.82, 2.24) is 5.32 Å². The Morgan fingerprint density at radius 1 is 1.04 bits per heavy atom. The van der Waals surface area contributed by atoms with Crippen molar-refractivity contribution in [2.75, 3.05) is 6.54 Å². The van der Waals surface area contributed by atoms with Crippen molar-refractivity contribution in [3.63, 3.8) is 0 Å². The van der Waals surface area contributed by atoms with Crippen LogP contribution >= 0.6 is 0 Å². The summed E-state index contributed by atoms with van der Waals surface area (Å²) in [4.78, 5) is 28.0. The maximum atomic E-state index is 12.1. The fourth-order valence-corrected chi connectivity index (χ4v) is 3.26. The second-order valence-corrected chi connectivity index (χ2v) is 7.12. The summed E-state index contributed by atoms with van der Waals surface area (Å²) in [6.07, 6.45) is 9.73. The van der Waals surface area contributed by atoms with Crippen LogP contribution in [0, 0.1) is 11.8 Å². The molecular weight excluding hydrogens is 338 g/mol. The number of primary amides is 1. The highest BCUT2D eigenvalue weighted by Crippen LogP contribution is 2.24. The van der Waals surface area contributed by atoms with Gasteiger partial charge in [-0.3, -0.25) is 4.79 Å². The summed E-state index contributed by atoms with van der Waals surface area (Å²) in [6.45, 7) is 4.74. The first-order valence-corrected chi connectivity index (χ1v) is 10.2. The zero-order valence-corrected chi connectivity index (χ0v) is 16.8. The highest BCUT2D eigenvalue weighted by atomic mass is 16.2. The molecule has 0 aliphatic rings. The summed E-state index contributed by atoms with van der Waals surface area (Å²) in [6, 6.07) is 9.12. The summed E-state index contributed by atoms with van der Waals surface area (Å²) >= 11 is 0. The first-order chi connectivity index (χ1) is 13.1. The average molecular weight is 374 g/mol. The molecule has 0 saturated carbocycles. The topological polar surface area (TPSA) is 84.5 Å². The summed E-state index contributed by atoms with van der Waals surface area (Å²) in [5, 5.41) is 2.86. The van der Waals surface area contributed by atoms with Crippen LogP contribution in [-0.4, -0.2) is 24.7 Å². The summed E-state index contributed by atoms with van der Waals surface area (Å²) in [5.41, 5.74) is 6.56. The van der Waals surface area contributed by atoms with Crippen LogP contribution < -0.4 is 11.1 Å². The van der Waals surface area contributed by atoms with Gasteiger partial charge < -0.3 is 11.1 Å². The summed E-state index contributed by atoms with van der Waals surface area (Å²) in [7, 11) is 0. The van der Waals surface area contributed by atoms with Gasteiger partial charge in [0.05, 0.1) is 0 Å². The lowest BCUT2D eigenvalue weighted by molar-refractivity contribution is -0.123. The standard InChI is InChI=1S/C22H35N3O2/c1-3-5-8-14-19(20(21(23)26)15-9-6-4-2)17-25-22(27)24-16-18-12-10-7-11-13-18/h7,10-13,16,19-20H,3-6,8-9,14-15,17H2,1-2H3,(H2,23,26)(H,25,27)/b24-16+/t19-,20?/m1/s1. The Morgan fingerprint density at radius 2 is 1.67 bits per heavy atom. The number of amides is 3. The highest BCUT2D eigenvalue weighted by Gasteiger charge is 2.26. The molecule has 1 aromatic rings. The largest absolute Gasteiger partial charge is 0.369 e. The van der Waals surface area contributed by atoms with Crippen molar-refractivity contribution >= 4 is 18.2 Å². The van der Waals surface area contributed by atoms with Crippen molar-refractivity contribution in [3.8, 4) is 0 Å². The second-order valence-electron chi connectivity index (χ2n) is 7.12. The fourth-order valence-electron chi connectivity index (χ4n) is 3.26. The first kappa shape index (κ1) is 22.9. The Kier molecular flexibility index (Phi) is 11.8. The van der Waals surface area contributed by atoms with Crippen LogP contribution in [0.25, 0.3) is 0 Å². The number of hydrogen-bond donors (Lipinski definition) is 2. The molecule has 5 heteroatoms. The van der Waals surface area contributed by atoms with Gasteiger partial charge in [0, 0.05) is 18.7 Å². The van der Waals surface area contributed by atoms with Crippen LogP contribution in [0.3, 0.4) is 0 Å². The van der Waals surface area contributed by atoms with Gasteiger partial charge in [0.25, 0.3) is 0 Å². The Balaban J connectivity index is 2.64. The molecule has 0 saturated heterocycles. The van der Waals surface area contributed by atoms with E-state index in [4.69, 9.17) is 5.73 Å². The highest BCUT2D eigenvalue weighted by molar-refractivity contribution is 5.91. The molecule has 3 N–H and O–H groups in total. The van der Waals surface area contributed by atoms with E-state index in [1.807, 2.05) is 30.3 Å². The van der Waals surface area contributed by atoms with Crippen molar-refractivity contribution in [2.24, 2.45) is 22.6 Å². The van der Waals surface area contributed by atoms with E-state index in [2.05, 4.69) is 24.2 Å². The van der Waals surface area contributed by atoms with E-state index < -0.39 is 0 Å². The van der Waals surface area contributed by atoms with Gasteiger partial charge in [-0.25, -0.2) is 9.79 Å². The Bertz CT molecular complexity index is 572. The van der Waals surface area contributed by atoms with Gasteiger partial charge in [0.15, 0.2) is 0 Å². The van der Waals surface area contributed by atoms with Crippen LogP contribution in [0.4, 0.5) is 4.79 Å². The maximum Gasteiger partial charge on any atom is 0.340 e. The molecule has 0 aliphatic heterocycles. The molecule has 1 aromatic carbocycles. The summed E-state index contributed by atoms with van der Waals surface area (Å²) in [5.74, 6) is -0.372. The van der Waals surface area contributed by atoms with Crippen LogP contribution in [0.1, 0.15) is 70.8 Å². The number of nitrogens with two attached hydrogens (primary N) is 1. The van der Waals surface area contributed by atoms with Crippen molar-refractivity contribution in [2.45, 2.75) is 65.2 Å². The molecule has 0 fully saturated rings. The number of rotatable bonds is 13. The van der Waals surface area contributed by atoms with E-state index in [-0.39, 0.29) is 23.8 Å². The lowest BCUT2D eigenvalue weighted by atomic mass is 9.83. The number of nitrogens with one attached hydrogen (secondary N) is 1. The SMILES string of the molecule is CCCCCC(C(N)=O)[C@H](CCCCC)CNC(=O)/N=C/c1ccccc1. The number of benzene rings is 1. The Hall–Kier alpha value is -2.17. The van der Waals surface area contributed by atoms with Gasteiger partial charge in [0.2, 0.25) is 5.91 Å². The van der Waals surface area contributed by atoms with E-state index in [0.29, 0.717) is 6.54 Å². The lowest BCUT2D eigenvalue weighted by Crippen LogP contribution is -2.37. The van der Waals surface area contributed by atoms with Gasteiger partial charge in [-0.15, -0.1) is 0 Å². The number of nitrogens with zero attached hydrogens (tertiary/aromatic N) is 1. The Morgan fingerprint density at radius 3 is 2.26 bits per heavy atom. The van der Waals surface area contributed by atoms with Crippen molar-refractivity contribution in [3.05, 3.63) is 35.9 Å². The molecule has 3 amide bonds. The zero-order chi connectivity index (χ0) is 19.9. The molecular formula is C22H35N3O2. The third-order valence-electron chi connectivity index (χ3n) is 4.88. The van der Waals surface area contributed by atoms with Crippen molar-refractivity contribution < 1.29 is 9.59 Å². The van der Waals surface area contributed by atoms with Crippen LogP contribution in [0.15, 0.2) is 35.3 Å². The van der Waals surface area contributed by atoms with Gasteiger partial charge in [-0.1, -0.05) is 82.7 Å². The van der Waals surface area contributed by atoms with Gasteiger partial charge >= 0.3 is 6.03 Å². The van der Waals surface area contributed by atoms with Gasteiger partial charge in [0.1, 0.15) is 0 Å². The molecule has 1 rings (SSSR count). The smallest absolute Gasteiger partial charge is 0.340 e. The molecule has 0 aliphatic carbocycles. The van der Waals surface area contributed by atoms with Crippen LogP contribution in [0.5, 0.6) is 0 Å². The van der Waals surface area contributed by atoms with E-state index >= 15 is 0 Å². The third-order valence-corrected chi connectivity index (χ3v) is 4.88. The van der Waals surface area contributed by atoms with Gasteiger partial charge in [-0.05, 0) is 24.3 Å². The molecule has 0 bridgehead atoms. The minimum absolute atomic E-state index is 0.0711. The minimum Gasteiger partial charge on any atom is -0.369 e. The first-order valence-electron chi connectivity index (χ1n) is 10.2. The average Bonchev–Trinajstić information content (AvgIpc) is 2.67. The normalized spacial score (nSPS) is 13.4. The van der Waals surface area contributed by atoms with E-state index in [9.17, 15) is 9.59 Å². The van der Waals surface area contributed by atoms with E-state index in [0.717, 1.165) is 56.9 Å². The molecule has 1 unspecified atom stereocenters. The Labute approximate surface area is 163 Å². The zero-order valence-electron chi connectivity index (χ0n) is 16.8. The third kappa shape index (κ3) is 9.92. The number of aliphatic imine (C=N–C) groups is 1. The fraction of sp³-hybridized carbons (Fsp3) is 0.591.